The highest BCUT2D eigenvalue weighted by molar-refractivity contribution is 7.99. The molecule has 0 aromatic carbocycles. The van der Waals surface area contributed by atoms with Crippen LogP contribution in [0, 0.1) is 5.41 Å². The third-order valence-corrected chi connectivity index (χ3v) is 8.59. The van der Waals surface area contributed by atoms with Gasteiger partial charge in [-0.3, -0.25) is 4.79 Å². The largest absolute Gasteiger partial charge is 0.486 e. The Balaban J connectivity index is 0.00000137. The van der Waals surface area contributed by atoms with E-state index in [4.69, 9.17) is 24.2 Å². The quantitative estimate of drug-likeness (QED) is 0.525. The molecular weight excluding hydrogens is 496 g/mol. The fraction of sp³-hybridized carbons (Fsp3) is 0.600. The molecule has 6 rings (SSSR count). The molecule has 1 spiro atoms. The van der Waals surface area contributed by atoms with E-state index in [2.05, 4.69) is 20.5 Å². The zero-order chi connectivity index (χ0) is 25.8. The third kappa shape index (κ3) is 5.20. The van der Waals surface area contributed by atoms with Gasteiger partial charge in [-0.05, 0) is 37.8 Å². The number of rotatable bonds is 6. The number of fused-ring (bicyclic) bond motifs is 3. The number of piperidine rings is 1. The van der Waals surface area contributed by atoms with E-state index >= 15 is 0 Å². The first-order valence-electron chi connectivity index (χ1n) is 12.7. The van der Waals surface area contributed by atoms with Gasteiger partial charge in [0.25, 0.3) is 6.47 Å². The van der Waals surface area contributed by atoms with Crippen LogP contribution in [0.1, 0.15) is 31.4 Å². The zero-order valence-electron chi connectivity index (χ0n) is 21.0. The van der Waals surface area contributed by atoms with Crippen LogP contribution >= 0.6 is 11.8 Å². The maximum Gasteiger partial charge on any atom is 0.293 e. The lowest BCUT2D eigenvalue weighted by Crippen LogP contribution is -2.41. The first-order chi connectivity index (χ1) is 18.2. The van der Waals surface area contributed by atoms with Crippen LogP contribution in [-0.2, 0) is 20.9 Å². The number of aliphatic hydroxyl groups is 1. The van der Waals surface area contributed by atoms with Crippen molar-refractivity contribution in [2.24, 2.45) is 11.1 Å². The van der Waals surface area contributed by atoms with Crippen LogP contribution in [0.4, 0.5) is 11.6 Å². The van der Waals surface area contributed by atoms with E-state index in [1.54, 1.807) is 12.4 Å². The second kappa shape index (κ2) is 11.4. The van der Waals surface area contributed by atoms with Gasteiger partial charge in [0.15, 0.2) is 17.4 Å². The number of pyridine rings is 1. The van der Waals surface area contributed by atoms with E-state index in [9.17, 15) is 9.90 Å². The minimum Gasteiger partial charge on any atom is -0.486 e. The molecule has 2 aromatic rings. The van der Waals surface area contributed by atoms with Gasteiger partial charge in [0.1, 0.15) is 23.4 Å². The molecule has 12 heteroatoms. The van der Waals surface area contributed by atoms with Gasteiger partial charge < -0.3 is 34.9 Å². The summed E-state index contributed by atoms with van der Waals surface area (Å²) in [5.74, 6) is 2.23. The Morgan fingerprint density at radius 3 is 2.84 bits per heavy atom. The molecule has 3 saturated heterocycles. The van der Waals surface area contributed by atoms with E-state index in [1.165, 1.54) is 18.8 Å². The van der Waals surface area contributed by atoms with Gasteiger partial charge in [-0.2, -0.15) is 0 Å². The molecule has 200 valence electrons. The molecule has 4 aliphatic rings. The van der Waals surface area contributed by atoms with Gasteiger partial charge >= 0.3 is 0 Å². The molecule has 0 radical (unpaired) electrons. The second-order valence-electron chi connectivity index (χ2n) is 9.70. The van der Waals surface area contributed by atoms with E-state index in [0.29, 0.717) is 41.5 Å². The first kappa shape index (κ1) is 26.0. The van der Waals surface area contributed by atoms with Crippen LogP contribution < -0.4 is 20.3 Å². The van der Waals surface area contributed by atoms with Gasteiger partial charge in [-0.1, -0.05) is 11.8 Å². The van der Waals surface area contributed by atoms with Crippen LogP contribution in [0.5, 0.6) is 5.75 Å². The number of hydrogen-bond donors (Lipinski definition) is 2. The third-order valence-electron chi connectivity index (χ3n) is 7.64. The lowest BCUT2D eigenvalue weighted by molar-refractivity contribution is -0.132. The minimum absolute atomic E-state index is 0.139. The van der Waals surface area contributed by atoms with Crippen LogP contribution in [0.25, 0.3) is 0 Å². The highest BCUT2D eigenvalue weighted by Crippen LogP contribution is 2.45. The number of aliphatic hydroxyl groups excluding tert-OH is 1. The normalized spacial score (nSPS) is 23.5. The molecule has 0 saturated carbocycles. The maximum absolute atomic E-state index is 10.8. The number of ether oxygens (including phenoxy) is 3. The predicted octanol–water partition coefficient (Wildman–Crippen LogP) is 1.61. The molecule has 2 unspecified atom stereocenters. The minimum atomic E-state index is -0.167. The fourth-order valence-electron chi connectivity index (χ4n) is 5.66. The number of nitrogens with zero attached hydrogens (tertiary/aromatic N) is 5. The second-order valence-corrected chi connectivity index (χ2v) is 10.8. The van der Waals surface area contributed by atoms with Crippen LogP contribution in [0.3, 0.4) is 0 Å². The SMILES string of the molecule is CN.O=COC1CC2COc3c(Sc4cnc(N5CCC6(CCOC6)CC5)c(CO)n4)ccnc3N2C1. The number of aromatic nitrogens is 3. The Morgan fingerprint density at radius 2 is 2.11 bits per heavy atom. The molecule has 0 aliphatic carbocycles. The van der Waals surface area contributed by atoms with E-state index in [-0.39, 0.29) is 18.8 Å². The summed E-state index contributed by atoms with van der Waals surface area (Å²) in [6.45, 7) is 4.98. The number of carbonyl (C=O) groups excluding carboxylic acids is 1. The molecular formula is C25H34N6O5S. The number of anilines is 2. The van der Waals surface area contributed by atoms with Crippen molar-refractivity contribution in [2.75, 3.05) is 56.3 Å². The summed E-state index contributed by atoms with van der Waals surface area (Å²) in [5, 5.41) is 10.8. The maximum atomic E-state index is 10.8. The Kier molecular flexibility index (Phi) is 7.98. The van der Waals surface area contributed by atoms with E-state index in [1.807, 2.05) is 6.07 Å². The fourth-order valence-corrected chi connectivity index (χ4v) is 6.52. The molecule has 11 nitrogen and oxygen atoms in total. The Bertz CT molecular complexity index is 1090. The standard InChI is InChI=1S/C24H29N5O5S.CH5N/c30-12-18-22(28-6-2-24(3-7-28)4-8-32-14-24)26-10-20(27-18)35-19-1-5-25-23-21(19)33-13-16-9-17(34-15-31)11-29(16)23;1-2/h1,5,10,15-17,30H,2-4,6-9,11-14H2;2H2,1H3. The zero-order valence-corrected chi connectivity index (χ0v) is 21.9. The summed E-state index contributed by atoms with van der Waals surface area (Å²) < 4.78 is 16.9. The number of hydrogen-bond acceptors (Lipinski definition) is 12. The lowest BCUT2D eigenvalue weighted by Gasteiger charge is -2.39. The van der Waals surface area contributed by atoms with Gasteiger partial charge in [-0.25, -0.2) is 15.0 Å². The summed E-state index contributed by atoms with van der Waals surface area (Å²) in [7, 11) is 1.50. The van der Waals surface area contributed by atoms with Crippen molar-refractivity contribution in [1.29, 1.82) is 0 Å². The summed E-state index contributed by atoms with van der Waals surface area (Å²) in [4.78, 5) is 30.1. The molecule has 6 heterocycles. The Labute approximate surface area is 220 Å². The van der Waals surface area contributed by atoms with Gasteiger partial charge in [0.2, 0.25) is 0 Å². The molecule has 4 aliphatic heterocycles. The smallest absolute Gasteiger partial charge is 0.293 e. The molecule has 3 fully saturated rings. The molecule has 0 bridgehead atoms. The average molecular weight is 531 g/mol. The summed E-state index contributed by atoms with van der Waals surface area (Å²) >= 11 is 1.45. The number of nitrogens with two attached hydrogens (primary N) is 1. The van der Waals surface area contributed by atoms with Crippen LogP contribution in [-0.4, -0.2) is 85.2 Å². The van der Waals surface area contributed by atoms with Gasteiger partial charge in [0.05, 0.1) is 36.9 Å². The summed E-state index contributed by atoms with van der Waals surface area (Å²) in [5.41, 5.74) is 5.40. The summed E-state index contributed by atoms with van der Waals surface area (Å²) in [6.07, 6.45) is 7.39. The van der Waals surface area contributed by atoms with Crippen LogP contribution in [0.2, 0.25) is 0 Å². The highest BCUT2D eigenvalue weighted by atomic mass is 32.2. The lowest BCUT2D eigenvalue weighted by atomic mass is 9.78. The van der Waals surface area contributed by atoms with Crippen molar-refractivity contribution in [3.05, 3.63) is 24.2 Å². The number of carbonyl (C=O) groups is 1. The Hall–Kier alpha value is -2.67. The topological polar surface area (TPSA) is 136 Å². The molecule has 2 aromatic heterocycles. The van der Waals surface area contributed by atoms with Crippen molar-refractivity contribution >= 4 is 29.9 Å². The molecule has 2 atom stereocenters. The van der Waals surface area contributed by atoms with Gasteiger partial charge in [0, 0.05) is 32.3 Å². The van der Waals surface area contributed by atoms with Gasteiger partial charge in [-0.15, -0.1) is 0 Å². The molecule has 0 amide bonds. The van der Waals surface area contributed by atoms with Crippen molar-refractivity contribution < 1.29 is 24.1 Å². The highest BCUT2D eigenvalue weighted by Gasteiger charge is 2.40. The van der Waals surface area contributed by atoms with Crippen molar-refractivity contribution in [3.63, 3.8) is 0 Å². The Morgan fingerprint density at radius 1 is 1.27 bits per heavy atom. The van der Waals surface area contributed by atoms with Crippen LogP contribution in [0.15, 0.2) is 28.4 Å². The average Bonchev–Trinajstić information content (AvgIpc) is 3.58. The molecule has 3 N–H and O–H groups in total. The van der Waals surface area contributed by atoms with Crippen molar-refractivity contribution in [3.8, 4) is 5.75 Å². The monoisotopic (exact) mass is 530 g/mol. The first-order valence-corrected chi connectivity index (χ1v) is 13.5. The molecule has 37 heavy (non-hydrogen) atoms. The predicted molar refractivity (Wildman–Crippen MR) is 138 cm³/mol. The van der Waals surface area contributed by atoms with Crippen molar-refractivity contribution in [2.45, 2.75) is 54.4 Å². The van der Waals surface area contributed by atoms with E-state index in [0.717, 1.165) is 68.5 Å². The summed E-state index contributed by atoms with van der Waals surface area (Å²) in [6, 6.07) is 2.04. The van der Waals surface area contributed by atoms with Crippen molar-refractivity contribution in [1.82, 2.24) is 15.0 Å². The van der Waals surface area contributed by atoms with E-state index < -0.39 is 0 Å².